The summed E-state index contributed by atoms with van der Waals surface area (Å²) in [6.45, 7) is 4.89. The summed E-state index contributed by atoms with van der Waals surface area (Å²) in [5, 5.41) is 10.3. The van der Waals surface area contributed by atoms with Gasteiger partial charge in [0.2, 0.25) is 0 Å². The van der Waals surface area contributed by atoms with Gasteiger partial charge < -0.3 is 10.1 Å². The smallest absolute Gasteiger partial charge is 0.255 e. The van der Waals surface area contributed by atoms with Crippen LogP contribution in [0.3, 0.4) is 0 Å². The maximum atomic E-state index is 12.8. The van der Waals surface area contributed by atoms with Gasteiger partial charge in [-0.2, -0.15) is 5.10 Å². The van der Waals surface area contributed by atoms with Crippen LogP contribution in [0.5, 0.6) is 0 Å². The molecule has 1 aromatic carbocycles. The molecule has 31 heavy (non-hydrogen) atoms. The monoisotopic (exact) mass is 460 g/mol. The number of rotatable bonds is 10. The molecule has 0 saturated carbocycles. The molecule has 8 heteroatoms. The molecule has 1 N–H and O–H groups in total. The van der Waals surface area contributed by atoms with Crippen molar-refractivity contribution in [1.29, 1.82) is 0 Å². The molecule has 0 aliphatic rings. The van der Waals surface area contributed by atoms with Crippen LogP contribution in [0.2, 0.25) is 0 Å². The zero-order valence-corrected chi connectivity index (χ0v) is 20.6. The first-order valence-electron chi connectivity index (χ1n) is 10.4. The minimum atomic E-state index is -0.514. The van der Waals surface area contributed by atoms with Crippen molar-refractivity contribution in [2.45, 2.75) is 33.0 Å². The van der Waals surface area contributed by atoms with Gasteiger partial charge in [0.25, 0.3) is 5.91 Å². The lowest BCUT2D eigenvalue weighted by Gasteiger charge is -2.24. The molecule has 6 nitrogen and oxygen atoms in total. The minimum absolute atomic E-state index is 0.0380. The summed E-state index contributed by atoms with van der Waals surface area (Å²) in [5.41, 5.74) is 3.03. The third-order valence-corrected chi connectivity index (χ3v) is 6.83. The van der Waals surface area contributed by atoms with E-state index >= 15 is 0 Å². The average molecular weight is 461 g/mol. The van der Waals surface area contributed by atoms with Crippen molar-refractivity contribution < 1.29 is 9.53 Å². The predicted octanol–water partition coefficient (Wildman–Crippen LogP) is 4.87. The second-order valence-electron chi connectivity index (χ2n) is 8.65. The summed E-state index contributed by atoms with van der Waals surface area (Å²) in [4.78, 5) is 17.5. The van der Waals surface area contributed by atoms with Gasteiger partial charge in [-0.25, -0.2) is 19.7 Å². The summed E-state index contributed by atoms with van der Waals surface area (Å²) in [7, 11) is -0.514. The van der Waals surface area contributed by atoms with Gasteiger partial charge in [0, 0.05) is 29.8 Å². The van der Waals surface area contributed by atoms with E-state index in [1.807, 2.05) is 49.6 Å². The lowest BCUT2D eigenvalue weighted by atomic mass is 10.2. The highest BCUT2D eigenvalue weighted by atomic mass is 32.3. The molecule has 0 radical (unpaired) electrons. The first-order valence-corrected chi connectivity index (χ1v) is 14.3. The van der Waals surface area contributed by atoms with Crippen LogP contribution in [0, 0.1) is 0 Å². The molecule has 0 atom stereocenters. The van der Waals surface area contributed by atoms with Crippen molar-refractivity contribution in [1.82, 2.24) is 20.1 Å². The summed E-state index contributed by atoms with van der Waals surface area (Å²) in [6, 6.07) is 10.0. The Hall–Kier alpha value is -2.16. The van der Waals surface area contributed by atoms with Crippen LogP contribution in [-0.2, 0) is 11.5 Å². The number of aromatic nitrogens is 3. The molecular formula is C23H32N4O2S2. The summed E-state index contributed by atoms with van der Waals surface area (Å²) >= 11 is 1.49. The van der Waals surface area contributed by atoms with E-state index in [2.05, 4.69) is 29.2 Å². The highest BCUT2D eigenvalue weighted by molar-refractivity contribution is 8.32. The fraction of sp³-hybridized carbons (Fsp3) is 0.435. The molecule has 2 aromatic heterocycles. The number of amides is 1. The van der Waals surface area contributed by atoms with Crippen molar-refractivity contribution in [3.05, 3.63) is 47.5 Å². The molecule has 0 saturated heterocycles. The van der Waals surface area contributed by atoms with Crippen LogP contribution in [0.15, 0.2) is 41.9 Å². The third kappa shape index (κ3) is 6.92. The lowest BCUT2D eigenvalue weighted by molar-refractivity contribution is 0.0698. The number of nitrogens with zero attached hydrogens (tertiary/aromatic N) is 3. The van der Waals surface area contributed by atoms with E-state index < -0.39 is 10.0 Å². The van der Waals surface area contributed by atoms with Gasteiger partial charge in [0.05, 0.1) is 11.3 Å². The standard InChI is InChI=1S/C23H32N4O2S2/c1-17(2)24-22(28)19-14-27(16-29-12-9-13-31(3,4)5)26-21(19)23-25-20(15-30-23)18-10-7-6-8-11-18/h6-8,10-11,14-15,17H,9,12-13,16H2,1-5H3,(H,24,28). The Balaban J connectivity index is 1.78. The Labute approximate surface area is 190 Å². The Morgan fingerprint density at radius 1 is 1.23 bits per heavy atom. The zero-order valence-electron chi connectivity index (χ0n) is 18.9. The lowest BCUT2D eigenvalue weighted by Crippen LogP contribution is -2.30. The molecule has 0 spiro atoms. The van der Waals surface area contributed by atoms with Crippen molar-refractivity contribution >= 4 is 27.3 Å². The number of carbonyl (C=O) groups is 1. The highest BCUT2D eigenvalue weighted by Crippen LogP contribution is 2.35. The van der Waals surface area contributed by atoms with Crippen LogP contribution >= 0.6 is 21.4 Å². The molecule has 1 amide bonds. The third-order valence-electron chi connectivity index (χ3n) is 4.47. The Morgan fingerprint density at radius 3 is 2.65 bits per heavy atom. The van der Waals surface area contributed by atoms with Gasteiger partial charge in [-0.3, -0.25) is 4.79 Å². The number of benzene rings is 1. The summed E-state index contributed by atoms with van der Waals surface area (Å²) < 4.78 is 7.51. The largest absolute Gasteiger partial charge is 0.359 e. The maximum absolute atomic E-state index is 12.8. The van der Waals surface area contributed by atoms with Gasteiger partial charge in [0.1, 0.15) is 17.4 Å². The summed E-state index contributed by atoms with van der Waals surface area (Å²) in [5.74, 6) is 1.03. The number of thiazole rings is 1. The Bertz CT molecular complexity index is 991. The van der Waals surface area contributed by atoms with Crippen LogP contribution in [-0.4, -0.2) is 57.8 Å². The van der Waals surface area contributed by atoms with Gasteiger partial charge in [-0.1, -0.05) is 30.3 Å². The molecule has 0 bridgehead atoms. The topological polar surface area (TPSA) is 69.0 Å². The second-order valence-corrected chi connectivity index (χ2v) is 14.1. The number of ether oxygens (including phenoxy) is 1. The average Bonchev–Trinajstić information content (AvgIpc) is 3.34. The first kappa shape index (κ1) is 23.5. The van der Waals surface area contributed by atoms with Gasteiger partial charge in [0.15, 0.2) is 0 Å². The normalized spacial score (nSPS) is 12.3. The molecule has 0 aliphatic heterocycles. The molecule has 3 aromatic rings. The van der Waals surface area contributed by atoms with Gasteiger partial charge >= 0.3 is 0 Å². The van der Waals surface area contributed by atoms with Crippen LogP contribution < -0.4 is 5.32 Å². The molecule has 0 unspecified atom stereocenters. The van der Waals surface area contributed by atoms with Crippen LogP contribution in [0.25, 0.3) is 22.0 Å². The van der Waals surface area contributed by atoms with E-state index in [9.17, 15) is 4.79 Å². The Morgan fingerprint density at radius 2 is 1.97 bits per heavy atom. The van der Waals surface area contributed by atoms with E-state index in [0.717, 1.165) is 22.7 Å². The minimum Gasteiger partial charge on any atom is -0.359 e. The van der Waals surface area contributed by atoms with Gasteiger partial charge in [-0.15, -0.1) is 11.3 Å². The van der Waals surface area contributed by atoms with Crippen molar-refractivity contribution in [3.8, 4) is 22.0 Å². The van der Waals surface area contributed by atoms with Gasteiger partial charge in [-0.05, 0) is 44.8 Å². The maximum Gasteiger partial charge on any atom is 0.255 e. The zero-order chi connectivity index (χ0) is 22.4. The molecule has 0 fully saturated rings. The van der Waals surface area contributed by atoms with Crippen LogP contribution in [0.4, 0.5) is 0 Å². The predicted molar refractivity (Wildman–Crippen MR) is 132 cm³/mol. The number of carbonyl (C=O) groups excluding carboxylic acids is 1. The van der Waals surface area contributed by atoms with E-state index in [1.54, 1.807) is 10.9 Å². The second kappa shape index (κ2) is 10.4. The van der Waals surface area contributed by atoms with E-state index in [-0.39, 0.29) is 11.9 Å². The van der Waals surface area contributed by atoms with Crippen LogP contribution in [0.1, 0.15) is 30.6 Å². The highest BCUT2D eigenvalue weighted by Gasteiger charge is 2.21. The molecule has 2 heterocycles. The van der Waals surface area contributed by atoms with E-state index in [1.165, 1.54) is 17.1 Å². The molecule has 168 valence electrons. The summed E-state index contributed by atoms with van der Waals surface area (Å²) in [6.07, 6.45) is 9.71. The molecular weight excluding hydrogens is 428 g/mol. The Kier molecular flexibility index (Phi) is 7.91. The van der Waals surface area contributed by atoms with E-state index in [0.29, 0.717) is 24.6 Å². The number of hydrogen-bond acceptors (Lipinski definition) is 5. The van der Waals surface area contributed by atoms with E-state index in [4.69, 9.17) is 9.72 Å². The van der Waals surface area contributed by atoms with Crippen molar-refractivity contribution in [3.63, 3.8) is 0 Å². The fourth-order valence-corrected chi connectivity index (χ4v) is 4.84. The van der Waals surface area contributed by atoms with Crippen molar-refractivity contribution in [2.75, 3.05) is 31.1 Å². The SMILES string of the molecule is CC(C)NC(=O)c1cn(COCCCS(C)(C)C)nc1-c1nc(-c2ccccc2)cs1. The molecule has 3 rings (SSSR count). The quantitative estimate of drug-likeness (QED) is 0.438. The first-order chi connectivity index (χ1) is 14.7. The number of hydrogen-bond donors (Lipinski definition) is 1. The fourth-order valence-electron chi connectivity index (χ4n) is 3.03. The number of nitrogens with one attached hydrogen (secondary N) is 1. The van der Waals surface area contributed by atoms with Crippen molar-refractivity contribution in [2.24, 2.45) is 0 Å². The molecule has 0 aliphatic carbocycles.